The molecular weight excluding hydrogens is 258 g/mol. The molecule has 1 aromatic heterocycles. The molecule has 0 saturated carbocycles. The number of hydrogen-bond acceptors (Lipinski definition) is 4. The maximum atomic E-state index is 6.18. The lowest BCUT2D eigenvalue weighted by Crippen LogP contribution is -1.94. The lowest BCUT2D eigenvalue weighted by Gasteiger charge is -2.08. The first-order valence-corrected chi connectivity index (χ1v) is 7.11. The number of hydrogen-bond donors (Lipinski definition) is 1. The van der Waals surface area contributed by atoms with Crippen molar-refractivity contribution in [2.45, 2.75) is 29.7 Å². The van der Waals surface area contributed by atoms with Gasteiger partial charge in [-0.3, -0.25) is 4.68 Å². The summed E-state index contributed by atoms with van der Waals surface area (Å²) in [6.07, 6.45) is 1.95. The Hall–Kier alpha value is -1.62. The summed E-state index contributed by atoms with van der Waals surface area (Å²) in [5.74, 6) is 0.852. The van der Waals surface area contributed by atoms with Crippen LogP contribution < -0.4 is 10.5 Å². The Bertz CT molecular complexity index is 566. The molecule has 0 bridgehead atoms. The van der Waals surface area contributed by atoms with E-state index >= 15 is 0 Å². The van der Waals surface area contributed by atoms with Gasteiger partial charge in [-0.25, -0.2) is 0 Å². The molecular formula is C14H19N3OS. The molecule has 1 aromatic carbocycles. The maximum Gasteiger partial charge on any atom is 0.132 e. The summed E-state index contributed by atoms with van der Waals surface area (Å²) in [5.41, 5.74) is 7.94. The number of benzene rings is 1. The van der Waals surface area contributed by atoms with Crippen LogP contribution in [0.2, 0.25) is 0 Å². The van der Waals surface area contributed by atoms with E-state index in [0.29, 0.717) is 0 Å². The molecule has 19 heavy (non-hydrogen) atoms. The van der Waals surface area contributed by atoms with Crippen LogP contribution in [0.4, 0.5) is 5.69 Å². The fraction of sp³-hybridized carbons (Fsp3) is 0.357. The number of nitrogens with two attached hydrogens (primary N) is 1. The molecule has 0 aliphatic carbocycles. The second-order valence-electron chi connectivity index (χ2n) is 4.29. The number of nitrogen functional groups attached to an aromatic ring is 1. The van der Waals surface area contributed by atoms with E-state index in [9.17, 15) is 0 Å². The Morgan fingerprint density at radius 3 is 2.79 bits per heavy atom. The monoisotopic (exact) mass is 277 g/mol. The van der Waals surface area contributed by atoms with Gasteiger partial charge in [0.05, 0.1) is 23.4 Å². The van der Waals surface area contributed by atoms with Crippen LogP contribution in [0.15, 0.2) is 34.2 Å². The Morgan fingerprint density at radius 2 is 2.11 bits per heavy atom. The van der Waals surface area contributed by atoms with Gasteiger partial charge >= 0.3 is 0 Å². The molecule has 0 radical (unpaired) electrons. The predicted octanol–water partition coefficient (Wildman–Crippen LogP) is 3.11. The highest BCUT2D eigenvalue weighted by Crippen LogP contribution is 2.38. The largest absolute Gasteiger partial charge is 0.496 e. The van der Waals surface area contributed by atoms with E-state index in [1.165, 1.54) is 0 Å². The fourth-order valence-electron chi connectivity index (χ4n) is 1.93. The highest BCUT2D eigenvalue weighted by atomic mass is 32.2. The Morgan fingerprint density at radius 1 is 1.37 bits per heavy atom. The topological polar surface area (TPSA) is 53.1 Å². The first-order chi connectivity index (χ1) is 9.17. The third-order valence-electron chi connectivity index (χ3n) is 2.87. The standard InChI is InChI=1S/C14H19N3OS/c1-4-7-10-13(15)14(17(2)16-10)19-12-9-6-5-8-11(12)18-3/h5-6,8-9H,4,7,15H2,1-3H3. The van der Waals surface area contributed by atoms with Gasteiger partial charge in [-0.1, -0.05) is 37.2 Å². The van der Waals surface area contributed by atoms with E-state index in [0.717, 1.165) is 39.9 Å². The van der Waals surface area contributed by atoms with Crippen molar-refractivity contribution in [1.29, 1.82) is 0 Å². The van der Waals surface area contributed by atoms with E-state index in [2.05, 4.69) is 12.0 Å². The van der Waals surface area contributed by atoms with E-state index in [1.54, 1.807) is 18.9 Å². The van der Waals surface area contributed by atoms with E-state index in [4.69, 9.17) is 10.5 Å². The highest BCUT2D eigenvalue weighted by Gasteiger charge is 2.15. The second kappa shape index (κ2) is 6.02. The van der Waals surface area contributed by atoms with Gasteiger partial charge in [0.1, 0.15) is 10.8 Å². The van der Waals surface area contributed by atoms with Crippen molar-refractivity contribution in [3.05, 3.63) is 30.0 Å². The summed E-state index contributed by atoms with van der Waals surface area (Å²) in [6.45, 7) is 2.13. The normalized spacial score (nSPS) is 10.7. The van der Waals surface area contributed by atoms with Crippen LogP contribution in [-0.2, 0) is 13.5 Å². The SMILES string of the molecule is CCCc1nn(C)c(Sc2ccccc2OC)c1N. The van der Waals surface area contributed by atoms with Crippen LogP contribution in [0.25, 0.3) is 0 Å². The number of ether oxygens (including phenoxy) is 1. The minimum Gasteiger partial charge on any atom is -0.496 e. The first kappa shape index (κ1) is 13.8. The van der Waals surface area contributed by atoms with Gasteiger partial charge in [0.2, 0.25) is 0 Å². The molecule has 0 amide bonds. The van der Waals surface area contributed by atoms with Crippen molar-refractivity contribution in [2.75, 3.05) is 12.8 Å². The molecule has 102 valence electrons. The number of para-hydroxylation sites is 1. The Labute approximate surface area is 117 Å². The third kappa shape index (κ3) is 2.87. The summed E-state index contributed by atoms with van der Waals surface area (Å²) in [6, 6.07) is 7.92. The maximum absolute atomic E-state index is 6.18. The molecule has 0 aliphatic heterocycles. The van der Waals surface area contributed by atoms with Crippen LogP contribution in [0, 0.1) is 0 Å². The molecule has 4 nitrogen and oxygen atoms in total. The van der Waals surface area contributed by atoms with E-state index in [1.807, 2.05) is 36.0 Å². The predicted molar refractivity (Wildman–Crippen MR) is 78.7 cm³/mol. The zero-order valence-electron chi connectivity index (χ0n) is 11.5. The van der Waals surface area contributed by atoms with Gasteiger partial charge in [-0.05, 0) is 18.6 Å². The molecule has 0 aliphatic rings. The van der Waals surface area contributed by atoms with Crippen LogP contribution in [0.5, 0.6) is 5.75 Å². The lowest BCUT2D eigenvalue weighted by atomic mass is 10.2. The number of methoxy groups -OCH3 is 1. The van der Waals surface area contributed by atoms with Gasteiger partial charge in [0, 0.05) is 7.05 Å². The minimum absolute atomic E-state index is 0.778. The molecule has 2 N–H and O–H groups in total. The Kier molecular flexibility index (Phi) is 4.37. The van der Waals surface area contributed by atoms with E-state index < -0.39 is 0 Å². The molecule has 0 saturated heterocycles. The van der Waals surface area contributed by atoms with Crippen molar-refractivity contribution in [2.24, 2.45) is 7.05 Å². The molecule has 0 fully saturated rings. The molecule has 1 heterocycles. The lowest BCUT2D eigenvalue weighted by molar-refractivity contribution is 0.405. The summed E-state index contributed by atoms with van der Waals surface area (Å²) >= 11 is 1.59. The minimum atomic E-state index is 0.778. The Balaban J connectivity index is 2.33. The van der Waals surface area contributed by atoms with Gasteiger partial charge in [-0.15, -0.1) is 0 Å². The zero-order valence-corrected chi connectivity index (χ0v) is 12.3. The van der Waals surface area contributed by atoms with Crippen LogP contribution >= 0.6 is 11.8 Å². The number of rotatable bonds is 5. The molecule has 0 atom stereocenters. The average Bonchev–Trinajstić information content (AvgIpc) is 2.68. The van der Waals surface area contributed by atoms with Crippen LogP contribution in [0.3, 0.4) is 0 Å². The summed E-state index contributed by atoms with van der Waals surface area (Å²) in [7, 11) is 3.60. The second-order valence-corrected chi connectivity index (χ2v) is 5.32. The van der Waals surface area contributed by atoms with Gasteiger partial charge < -0.3 is 10.5 Å². The van der Waals surface area contributed by atoms with Gasteiger partial charge in [0.25, 0.3) is 0 Å². The smallest absolute Gasteiger partial charge is 0.132 e. The molecule has 2 aromatic rings. The first-order valence-electron chi connectivity index (χ1n) is 6.29. The average molecular weight is 277 g/mol. The number of nitrogens with zero attached hydrogens (tertiary/aromatic N) is 2. The van der Waals surface area contributed by atoms with E-state index in [-0.39, 0.29) is 0 Å². The fourth-order valence-corrected chi connectivity index (χ4v) is 2.94. The van der Waals surface area contributed by atoms with Gasteiger partial charge in [-0.2, -0.15) is 5.10 Å². The summed E-state index contributed by atoms with van der Waals surface area (Å²) in [4.78, 5) is 1.04. The zero-order chi connectivity index (χ0) is 13.8. The van der Waals surface area contributed by atoms with Crippen LogP contribution in [0.1, 0.15) is 19.0 Å². The summed E-state index contributed by atoms with van der Waals surface area (Å²) < 4.78 is 7.20. The number of anilines is 1. The number of aromatic nitrogens is 2. The van der Waals surface area contributed by atoms with Gasteiger partial charge in [0.15, 0.2) is 0 Å². The molecule has 0 spiro atoms. The quantitative estimate of drug-likeness (QED) is 0.912. The summed E-state index contributed by atoms with van der Waals surface area (Å²) in [5, 5.41) is 5.45. The highest BCUT2D eigenvalue weighted by molar-refractivity contribution is 7.99. The molecule has 0 unspecified atom stereocenters. The molecule has 5 heteroatoms. The third-order valence-corrected chi connectivity index (χ3v) is 4.10. The van der Waals surface area contributed by atoms with Crippen molar-refractivity contribution >= 4 is 17.4 Å². The van der Waals surface area contributed by atoms with Crippen molar-refractivity contribution in [1.82, 2.24) is 9.78 Å². The van der Waals surface area contributed by atoms with Crippen molar-refractivity contribution in [3.63, 3.8) is 0 Å². The molecule has 2 rings (SSSR count). The van der Waals surface area contributed by atoms with Crippen molar-refractivity contribution < 1.29 is 4.74 Å². The number of aryl methyl sites for hydroxylation is 2. The van der Waals surface area contributed by atoms with Crippen LogP contribution in [-0.4, -0.2) is 16.9 Å². The van der Waals surface area contributed by atoms with Crippen molar-refractivity contribution in [3.8, 4) is 5.75 Å².